The topological polar surface area (TPSA) is 9.72 Å². The highest BCUT2D eigenvalue weighted by Crippen LogP contribution is 2.09. The summed E-state index contributed by atoms with van der Waals surface area (Å²) in [6.45, 7) is 10.2. The van der Waals surface area contributed by atoms with E-state index in [0.29, 0.717) is 6.29 Å². The molecule has 0 atom stereocenters. The van der Waals surface area contributed by atoms with Crippen molar-refractivity contribution in [3.05, 3.63) is 0 Å². The Bertz CT molecular complexity index is 159. The molecule has 0 fully saturated rings. The maximum absolute atomic E-state index is 2.47. The van der Waals surface area contributed by atoms with Crippen LogP contribution in [0.2, 0.25) is 0 Å². The van der Waals surface area contributed by atoms with Crippen LogP contribution in [0.4, 0.5) is 0 Å². The zero-order chi connectivity index (χ0) is 13.3. The average molecular weight is 243 g/mol. The van der Waals surface area contributed by atoms with E-state index in [4.69, 9.17) is 0 Å². The van der Waals surface area contributed by atoms with Gasteiger partial charge in [-0.3, -0.25) is 14.7 Å². The van der Waals surface area contributed by atoms with Crippen molar-refractivity contribution >= 4 is 0 Å². The lowest BCUT2D eigenvalue weighted by Gasteiger charge is -2.41. The van der Waals surface area contributed by atoms with Gasteiger partial charge in [-0.25, -0.2) is 0 Å². The molecule has 0 aliphatic carbocycles. The summed E-state index contributed by atoms with van der Waals surface area (Å²) < 4.78 is 0. The first-order valence-electron chi connectivity index (χ1n) is 7.19. The van der Waals surface area contributed by atoms with Gasteiger partial charge in [-0.15, -0.1) is 0 Å². The van der Waals surface area contributed by atoms with Crippen molar-refractivity contribution in [1.82, 2.24) is 14.7 Å². The zero-order valence-corrected chi connectivity index (χ0v) is 12.9. The first-order chi connectivity index (χ1) is 8.08. The van der Waals surface area contributed by atoms with E-state index in [1.165, 1.54) is 38.8 Å². The summed E-state index contributed by atoms with van der Waals surface area (Å²) in [4.78, 5) is 7.37. The Morgan fingerprint density at radius 2 is 1.12 bits per heavy atom. The largest absolute Gasteiger partial charge is 0.279 e. The third-order valence-electron chi connectivity index (χ3n) is 3.41. The van der Waals surface area contributed by atoms with E-state index in [0.717, 1.165) is 6.54 Å². The SMILES string of the molecule is CCCCN(C)C(N(C)CC)N(C)CCCC. The van der Waals surface area contributed by atoms with Crippen LogP contribution in [0.5, 0.6) is 0 Å². The lowest BCUT2D eigenvalue weighted by Crippen LogP contribution is -2.55. The number of hydrogen-bond acceptors (Lipinski definition) is 3. The molecule has 0 heterocycles. The summed E-state index contributed by atoms with van der Waals surface area (Å²) in [5.74, 6) is 0. The number of nitrogens with zero attached hydrogens (tertiary/aromatic N) is 3. The third kappa shape index (κ3) is 6.39. The highest BCUT2D eigenvalue weighted by Gasteiger charge is 2.22. The van der Waals surface area contributed by atoms with E-state index < -0.39 is 0 Å². The van der Waals surface area contributed by atoms with Crippen molar-refractivity contribution < 1.29 is 0 Å². The van der Waals surface area contributed by atoms with Gasteiger partial charge in [0.25, 0.3) is 0 Å². The van der Waals surface area contributed by atoms with Crippen molar-refractivity contribution in [3.8, 4) is 0 Å². The normalized spacial score (nSPS) is 12.4. The maximum atomic E-state index is 2.47. The standard InChI is InChI=1S/C14H33N3/c1-7-10-12-16(5)14(15(4)9-3)17(6)13-11-8-2/h14H,7-13H2,1-6H3. The van der Waals surface area contributed by atoms with E-state index in [-0.39, 0.29) is 0 Å². The Hall–Kier alpha value is -0.120. The predicted molar refractivity (Wildman–Crippen MR) is 77.2 cm³/mol. The molecule has 0 saturated heterocycles. The molecule has 0 bridgehead atoms. The number of hydrogen-bond donors (Lipinski definition) is 0. The molecule has 0 aliphatic heterocycles. The fourth-order valence-corrected chi connectivity index (χ4v) is 2.22. The van der Waals surface area contributed by atoms with Gasteiger partial charge in [0.2, 0.25) is 0 Å². The first-order valence-corrected chi connectivity index (χ1v) is 7.19. The lowest BCUT2D eigenvalue weighted by atomic mass is 10.3. The van der Waals surface area contributed by atoms with Gasteiger partial charge in [-0.05, 0) is 40.5 Å². The van der Waals surface area contributed by atoms with Crippen molar-refractivity contribution in [2.24, 2.45) is 0 Å². The molecule has 0 unspecified atom stereocenters. The van der Waals surface area contributed by atoms with Crippen LogP contribution < -0.4 is 0 Å². The zero-order valence-electron chi connectivity index (χ0n) is 12.9. The van der Waals surface area contributed by atoms with Crippen LogP contribution in [-0.2, 0) is 0 Å². The molecule has 3 heteroatoms. The minimum Gasteiger partial charge on any atom is -0.279 e. The Labute approximate surface area is 109 Å². The van der Waals surface area contributed by atoms with Gasteiger partial charge < -0.3 is 0 Å². The molecule has 0 saturated carbocycles. The molecule has 0 amide bonds. The molecule has 104 valence electrons. The van der Waals surface area contributed by atoms with Crippen LogP contribution in [0.3, 0.4) is 0 Å². The molecule has 0 aliphatic rings. The first kappa shape index (κ1) is 16.9. The summed E-state index contributed by atoms with van der Waals surface area (Å²) in [5.41, 5.74) is 0. The average Bonchev–Trinajstić information content (AvgIpc) is 2.33. The van der Waals surface area contributed by atoms with Gasteiger partial charge in [0, 0.05) is 13.1 Å². The summed E-state index contributed by atoms with van der Waals surface area (Å²) in [7, 11) is 6.71. The van der Waals surface area contributed by atoms with E-state index in [9.17, 15) is 0 Å². The van der Waals surface area contributed by atoms with Gasteiger partial charge in [0.1, 0.15) is 6.29 Å². The van der Waals surface area contributed by atoms with Crippen LogP contribution in [0.25, 0.3) is 0 Å². The van der Waals surface area contributed by atoms with Crippen LogP contribution in [-0.4, -0.2) is 61.8 Å². The van der Waals surface area contributed by atoms with Gasteiger partial charge in [-0.2, -0.15) is 0 Å². The van der Waals surface area contributed by atoms with Gasteiger partial charge in [0.05, 0.1) is 0 Å². The van der Waals surface area contributed by atoms with Crippen molar-refractivity contribution in [2.45, 2.75) is 52.7 Å². The quantitative estimate of drug-likeness (QED) is 0.546. The minimum atomic E-state index is 0.443. The molecular formula is C14H33N3. The number of rotatable bonds is 10. The second kappa shape index (κ2) is 9.86. The fourth-order valence-electron chi connectivity index (χ4n) is 2.22. The van der Waals surface area contributed by atoms with E-state index in [1.54, 1.807) is 0 Å². The van der Waals surface area contributed by atoms with Crippen LogP contribution in [0.1, 0.15) is 46.5 Å². The lowest BCUT2D eigenvalue weighted by molar-refractivity contribution is -0.0325. The van der Waals surface area contributed by atoms with E-state index in [2.05, 4.69) is 56.6 Å². The van der Waals surface area contributed by atoms with Crippen molar-refractivity contribution in [2.75, 3.05) is 40.8 Å². The smallest absolute Gasteiger partial charge is 0.118 e. The molecule has 0 aromatic carbocycles. The monoisotopic (exact) mass is 243 g/mol. The highest BCUT2D eigenvalue weighted by molar-refractivity contribution is 4.68. The molecule has 0 rings (SSSR count). The van der Waals surface area contributed by atoms with Crippen molar-refractivity contribution in [1.29, 1.82) is 0 Å². The van der Waals surface area contributed by atoms with Gasteiger partial charge in [-0.1, -0.05) is 33.6 Å². The van der Waals surface area contributed by atoms with Crippen molar-refractivity contribution in [3.63, 3.8) is 0 Å². The van der Waals surface area contributed by atoms with Crippen LogP contribution in [0.15, 0.2) is 0 Å². The Morgan fingerprint density at radius 3 is 1.41 bits per heavy atom. The number of unbranched alkanes of at least 4 members (excludes halogenated alkanes) is 2. The second-order valence-electron chi connectivity index (χ2n) is 5.09. The molecule has 0 aromatic rings. The summed E-state index contributed by atoms with van der Waals surface area (Å²) in [6.07, 6.45) is 5.55. The fraction of sp³-hybridized carbons (Fsp3) is 1.00. The molecule has 0 aromatic heterocycles. The predicted octanol–water partition coefficient (Wildman–Crippen LogP) is 2.69. The van der Waals surface area contributed by atoms with Gasteiger partial charge in [0.15, 0.2) is 0 Å². The molecular weight excluding hydrogens is 210 g/mol. The highest BCUT2D eigenvalue weighted by atomic mass is 15.5. The Kier molecular flexibility index (Phi) is 9.79. The minimum absolute atomic E-state index is 0.443. The molecule has 0 N–H and O–H groups in total. The third-order valence-corrected chi connectivity index (χ3v) is 3.41. The summed E-state index contributed by atoms with van der Waals surface area (Å²) >= 11 is 0. The second-order valence-corrected chi connectivity index (χ2v) is 5.09. The van der Waals surface area contributed by atoms with E-state index >= 15 is 0 Å². The summed E-state index contributed by atoms with van der Waals surface area (Å²) in [5, 5.41) is 0. The maximum Gasteiger partial charge on any atom is 0.118 e. The molecule has 17 heavy (non-hydrogen) atoms. The van der Waals surface area contributed by atoms with Crippen LogP contribution >= 0.6 is 0 Å². The van der Waals surface area contributed by atoms with E-state index in [1.807, 2.05) is 0 Å². The van der Waals surface area contributed by atoms with Gasteiger partial charge >= 0.3 is 0 Å². The molecule has 0 radical (unpaired) electrons. The Balaban J connectivity index is 4.39. The molecule has 0 spiro atoms. The summed E-state index contributed by atoms with van der Waals surface area (Å²) in [6, 6.07) is 0. The van der Waals surface area contributed by atoms with Crippen LogP contribution in [0, 0.1) is 0 Å². The molecule has 3 nitrogen and oxygen atoms in total. The Morgan fingerprint density at radius 1 is 0.706 bits per heavy atom.